The Balaban J connectivity index is 1.27. The molecular formula is C39H52N2O8S. The van der Waals surface area contributed by atoms with Gasteiger partial charge in [-0.05, 0) is 80.0 Å². The highest BCUT2D eigenvalue weighted by molar-refractivity contribution is 7.89. The molecule has 3 aromatic rings. The average Bonchev–Trinajstić information content (AvgIpc) is 3.95. The van der Waals surface area contributed by atoms with Gasteiger partial charge in [-0.15, -0.1) is 0 Å². The fraction of sp³-hybridized carbons (Fsp3) is 0.538. The van der Waals surface area contributed by atoms with Gasteiger partial charge in [0.05, 0.1) is 55.3 Å². The number of anilines is 1. The van der Waals surface area contributed by atoms with Crippen molar-refractivity contribution in [1.29, 1.82) is 0 Å². The largest absolute Gasteiger partial charge is 0.490 e. The lowest BCUT2D eigenvalue weighted by molar-refractivity contribution is -0.0916. The monoisotopic (exact) mass is 708 g/mol. The van der Waals surface area contributed by atoms with Crippen molar-refractivity contribution in [3.8, 4) is 5.75 Å². The number of aliphatic hydroxyl groups is 1. The van der Waals surface area contributed by atoms with E-state index in [4.69, 9.17) is 23.7 Å². The smallest absolute Gasteiger partial charge is 0.243 e. The molecule has 1 N–H and O–H groups in total. The summed E-state index contributed by atoms with van der Waals surface area (Å²) in [5, 5.41) is 10.2. The van der Waals surface area contributed by atoms with Crippen molar-refractivity contribution in [1.82, 2.24) is 4.31 Å². The van der Waals surface area contributed by atoms with Crippen LogP contribution in [0, 0.1) is 12.8 Å². The molecule has 1 saturated carbocycles. The summed E-state index contributed by atoms with van der Waals surface area (Å²) in [6.45, 7) is 8.54. The Morgan fingerprint density at radius 1 is 0.940 bits per heavy atom. The SMILES string of the molecule is COCCCN1CCOc2ccc(CO[C@H]3CN(S(=O)(=O)c4ccc(C)cc4)C[C@@H](OC[C@@H](C)O)[C@@H]3c3ccc(COCC4CC4)cc3)cc21. The molecule has 0 unspecified atom stereocenters. The van der Waals surface area contributed by atoms with Crippen LogP contribution in [-0.2, 0) is 42.2 Å². The molecule has 0 aromatic heterocycles. The first-order valence-electron chi connectivity index (χ1n) is 17.9. The number of sulfonamides is 1. The number of methoxy groups -OCH3 is 1. The molecule has 4 atom stereocenters. The normalized spacial score (nSPS) is 21.8. The van der Waals surface area contributed by atoms with E-state index in [2.05, 4.69) is 35.2 Å². The van der Waals surface area contributed by atoms with Gasteiger partial charge in [0.1, 0.15) is 12.4 Å². The zero-order valence-corrected chi connectivity index (χ0v) is 30.4. The summed E-state index contributed by atoms with van der Waals surface area (Å²) < 4.78 is 59.9. The predicted molar refractivity (Wildman–Crippen MR) is 192 cm³/mol. The Labute approximate surface area is 297 Å². The summed E-state index contributed by atoms with van der Waals surface area (Å²) in [5.41, 5.74) is 5.05. The molecule has 2 aliphatic heterocycles. The van der Waals surface area contributed by atoms with E-state index in [1.807, 2.05) is 31.2 Å². The Bertz CT molecular complexity index is 1630. The van der Waals surface area contributed by atoms with Crippen LogP contribution < -0.4 is 9.64 Å². The van der Waals surface area contributed by atoms with Gasteiger partial charge in [0, 0.05) is 45.9 Å². The number of aliphatic hydroxyl groups excluding tert-OH is 1. The number of aryl methyl sites for hydroxylation is 1. The van der Waals surface area contributed by atoms with Crippen LogP contribution >= 0.6 is 0 Å². The van der Waals surface area contributed by atoms with E-state index in [0.29, 0.717) is 25.7 Å². The summed E-state index contributed by atoms with van der Waals surface area (Å²) in [6.07, 6.45) is 1.59. The molecule has 1 aliphatic carbocycles. The molecule has 3 aromatic carbocycles. The van der Waals surface area contributed by atoms with Gasteiger partial charge in [-0.3, -0.25) is 0 Å². The molecule has 2 heterocycles. The van der Waals surface area contributed by atoms with Crippen LogP contribution in [0.5, 0.6) is 5.75 Å². The molecule has 3 aliphatic rings. The summed E-state index contributed by atoms with van der Waals surface area (Å²) in [6, 6.07) is 21.3. The van der Waals surface area contributed by atoms with Crippen molar-refractivity contribution in [2.45, 2.75) is 75.4 Å². The van der Waals surface area contributed by atoms with Gasteiger partial charge in [0.25, 0.3) is 0 Å². The van der Waals surface area contributed by atoms with Gasteiger partial charge in [-0.25, -0.2) is 8.42 Å². The van der Waals surface area contributed by atoms with E-state index >= 15 is 0 Å². The van der Waals surface area contributed by atoms with Crippen molar-refractivity contribution < 1.29 is 37.2 Å². The quantitative estimate of drug-likeness (QED) is 0.187. The lowest BCUT2D eigenvalue weighted by Gasteiger charge is -2.43. The van der Waals surface area contributed by atoms with Crippen LogP contribution in [0.3, 0.4) is 0 Å². The zero-order chi connectivity index (χ0) is 35.1. The van der Waals surface area contributed by atoms with Crippen LogP contribution in [0.15, 0.2) is 71.6 Å². The summed E-state index contributed by atoms with van der Waals surface area (Å²) in [5.74, 6) is 1.25. The lowest BCUT2D eigenvalue weighted by atomic mass is 9.85. The molecule has 10 nitrogen and oxygen atoms in total. The predicted octanol–water partition coefficient (Wildman–Crippen LogP) is 5.30. The molecule has 11 heteroatoms. The number of benzene rings is 3. The van der Waals surface area contributed by atoms with Crippen LogP contribution in [0.2, 0.25) is 0 Å². The highest BCUT2D eigenvalue weighted by atomic mass is 32.2. The second kappa shape index (κ2) is 17.0. The van der Waals surface area contributed by atoms with Crippen LogP contribution in [0.4, 0.5) is 5.69 Å². The Morgan fingerprint density at radius 3 is 2.36 bits per heavy atom. The number of hydrogen-bond donors (Lipinski definition) is 1. The maximum atomic E-state index is 14.1. The van der Waals surface area contributed by atoms with E-state index in [1.165, 1.54) is 17.1 Å². The third-order valence-electron chi connectivity index (χ3n) is 9.69. The van der Waals surface area contributed by atoms with Gasteiger partial charge < -0.3 is 33.7 Å². The molecular weight excluding hydrogens is 657 g/mol. The molecule has 2 fully saturated rings. The number of fused-ring (bicyclic) bond motifs is 1. The highest BCUT2D eigenvalue weighted by Crippen LogP contribution is 2.37. The molecule has 0 bridgehead atoms. The first kappa shape index (κ1) is 36.8. The summed E-state index contributed by atoms with van der Waals surface area (Å²) in [4.78, 5) is 2.55. The number of nitrogens with zero attached hydrogens (tertiary/aromatic N) is 2. The Hall–Kier alpha value is -3.03. The van der Waals surface area contributed by atoms with Gasteiger partial charge in [-0.1, -0.05) is 48.0 Å². The third-order valence-corrected chi connectivity index (χ3v) is 11.5. The van der Waals surface area contributed by atoms with Crippen LogP contribution in [0.1, 0.15) is 54.4 Å². The van der Waals surface area contributed by atoms with E-state index in [9.17, 15) is 13.5 Å². The molecule has 6 rings (SSSR count). The second-order valence-electron chi connectivity index (χ2n) is 13.9. The van der Waals surface area contributed by atoms with E-state index in [1.54, 1.807) is 26.2 Å². The number of rotatable bonds is 17. The fourth-order valence-corrected chi connectivity index (χ4v) is 8.17. The van der Waals surface area contributed by atoms with Crippen molar-refractivity contribution in [3.05, 3.63) is 89.0 Å². The van der Waals surface area contributed by atoms with Gasteiger partial charge in [-0.2, -0.15) is 4.31 Å². The Kier molecular flexibility index (Phi) is 12.5. The van der Waals surface area contributed by atoms with Crippen molar-refractivity contribution in [2.75, 3.05) is 64.6 Å². The van der Waals surface area contributed by atoms with Crippen molar-refractivity contribution in [3.63, 3.8) is 0 Å². The summed E-state index contributed by atoms with van der Waals surface area (Å²) >= 11 is 0. The van der Waals surface area contributed by atoms with Gasteiger partial charge in [0.15, 0.2) is 0 Å². The lowest BCUT2D eigenvalue weighted by Crippen LogP contribution is -2.54. The Morgan fingerprint density at radius 2 is 1.66 bits per heavy atom. The maximum Gasteiger partial charge on any atom is 0.243 e. The summed E-state index contributed by atoms with van der Waals surface area (Å²) in [7, 11) is -2.14. The number of piperidine rings is 1. The van der Waals surface area contributed by atoms with Crippen LogP contribution in [0.25, 0.3) is 0 Å². The van der Waals surface area contributed by atoms with Crippen molar-refractivity contribution >= 4 is 15.7 Å². The van der Waals surface area contributed by atoms with Crippen molar-refractivity contribution in [2.24, 2.45) is 5.92 Å². The molecule has 50 heavy (non-hydrogen) atoms. The minimum atomic E-state index is -3.86. The van der Waals surface area contributed by atoms with E-state index in [0.717, 1.165) is 59.8 Å². The highest BCUT2D eigenvalue weighted by Gasteiger charge is 2.44. The molecule has 1 saturated heterocycles. The molecule has 0 spiro atoms. The first-order chi connectivity index (χ1) is 24.2. The number of hydrogen-bond acceptors (Lipinski definition) is 9. The molecule has 272 valence electrons. The number of ether oxygens (including phenoxy) is 5. The average molecular weight is 709 g/mol. The first-order valence-corrected chi connectivity index (χ1v) is 19.3. The second-order valence-corrected chi connectivity index (χ2v) is 15.9. The van der Waals surface area contributed by atoms with E-state index < -0.39 is 28.3 Å². The molecule has 0 amide bonds. The zero-order valence-electron chi connectivity index (χ0n) is 29.5. The van der Waals surface area contributed by atoms with E-state index in [-0.39, 0.29) is 37.1 Å². The minimum Gasteiger partial charge on any atom is -0.490 e. The van der Waals surface area contributed by atoms with Gasteiger partial charge in [0.2, 0.25) is 10.0 Å². The van der Waals surface area contributed by atoms with Crippen LogP contribution in [-0.4, -0.2) is 95.9 Å². The van der Waals surface area contributed by atoms with Gasteiger partial charge >= 0.3 is 0 Å². The topological polar surface area (TPSA) is 107 Å². The fourth-order valence-electron chi connectivity index (χ4n) is 6.71. The third kappa shape index (κ3) is 9.44. The maximum absolute atomic E-state index is 14.1. The minimum absolute atomic E-state index is 0.0725. The standard InChI is InChI=1S/C39H52N2O8S/c1-28-5-14-34(15-6-28)50(43,44)41-22-37(48-24-29(2)42)39(33-12-9-31(10-13-33)26-46-25-30-7-8-30)38(23-41)49-27-32-11-16-36-35(21-32)40(18-20-47-36)17-4-19-45-3/h5-6,9-16,21,29-30,37-39,42H,4,7-8,17-20,22-27H2,1-3H3/t29-,37-,38+,39+/m1/s1. The molecule has 0 radical (unpaired) electrons.